The molecule has 1 aliphatic carbocycles. The third-order valence-corrected chi connectivity index (χ3v) is 5.33. The molecule has 2 heterocycles. The van der Waals surface area contributed by atoms with E-state index in [9.17, 15) is 0 Å². The van der Waals surface area contributed by atoms with Crippen LogP contribution in [0, 0.1) is 17.2 Å². The Balaban J connectivity index is 1.42. The van der Waals surface area contributed by atoms with Crippen molar-refractivity contribution in [1.29, 1.82) is 5.26 Å². The Bertz CT molecular complexity index is 826. The monoisotopic (exact) mass is 307 g/mol. The third-order valence-electron chi connectivity index (χ3n) is 4.45. The van der Waals surface area contributed by atoms with Gasteiger partial charge in [0.15, 0.2) is 0 Å². The molecule has 1 saturated carbocycles. The topological polar surface area (TPSA) is 51.6 Å². The number of benzene rings is 1. The zero-order valence-electron chi connectivity index (χ0n) is 12.2. The number of hydrogen-bond acceptors (Lipinski definition) is 3. The molecule has 4 rings (SSSR count). The van der Waals surface area contributed by atoms with Crippen molar-refractivity contribution in [2.45, 2.75) is 18.9 Å². The summed E-state index contributed by atoms with van der Waals surface area (Å²) >= 11 is 1.80. The highest BCUT2D eigenvalue weighted by Gasteiger charge is 2.39. The lowest BCUT2D eigenvalue weighted by atomic mass is 10.1. The Morgan fingerprint density at radius 1 is 1.36 bits per heavy atom. The van der Waals surface area contributed by atoms with E-state index in [2.05, 4.69) is 40.1 Å². The van der Waals surface area contributed by atoms with Crippen LogP contribution in [0.25, 0.3) is 10.9 Å². The smallest absolute Gasteiger partial charge is 0.0991 e. The number of H-pyrrole nitrogens is 1. The summed E-state index contributed by atoms with van der Waals surface area (Å²) in [6.07, 6.45) is 3.36. The summed E-state index contributed by atoms with van der Waals surface area (Å²) in [6.45, 7) is 2.03. The van der Waals surface area contributed by atoms with Gasteiger partial charge < -0.3 is 10.3 Å². The first-order valence-electron chi connectivity index (χ1n) is 7.59. The highest BCUT2D eigenvalue weighted by atomic mass is 32.1. The third kappa shape index (κ3) is 2.54. The zero-order chi connectivity index (χ0) is 14.9. The molecule has 3 aromatic rings. The Morgan fingerprint density at radius 3 is 3.14 bits per heavy atom. The summed E-state index contributed by atoms with van der Waals surface area (Å²) in [5.41, 5.74) is 3.24. The van der Waals surface area contributed by atoms with E-state index in [1.807, 2.05) is 18.2 Å². The van der Waals surface area contributed by atoms with Crippen LogP contribution in [-0.2, 0) is 6.54 Å². The van der Waals surface area contributed by atoms with Crippen LogP contribution in [0.15, 0.2) is 41.9 Å². The molecule has 0 bridgehead atoms. The van der Waals surface area contributed by atoms with Gasteiger partial charge in [0, 0.05) is 28.5 Å². The SMILES string of the molecule is N#Cc1ccc2[nH]cc([C@@H]3C[C@H]3CNCc3cccs3)c2c1. The lowest BCUT2D eigenvalue weighted by molar-refractivity contribution is 0.632. The van der Waals surface area contributed by atoms with E-state index in [0.29, 0.717) is 11.8 Å². The van der Waals surface area contributed by atoms with Gasteiger partial charge in [-0.15, -0.1) is 11.3 Å². The van der Waals surface area contributed by atoms with Gasteiger partial charge >= 0.3 is 0 Å². The molecule has 0 spiro atoms. The van der Waals surface area contributed by atoms with Crippen LogP contribution in [0.1, 0.15) is 28.3 Å². The quantitative estimate of drug-likeness (QED) is 0.748. The van der Waals surface area contributed by atoms with E-state index in [-0.39, 0.29) is 0 Å². The molecule has 22 heavy (non-hydrogen) atoms. The number of hydrogen-bond donors (Lipinski definition) is 2. The number of aromatic nitrogens is 1. The Hall–Kier alpha value is -2.09. The minimum Gasteiger partial charge on any atom is -0.361 e. The van der Waals surface area contributed by atoms with Crippen molar-refractivity contribution in [3.8, 4) is 6.07 Å². The van der Waals surface area contributed by atoms with Gasteiger partial charge in [-0.3, -0.25) is 0 Å². The Morgan fingerprint density at radius 2 is 2.32 bits per heavy atom. The van der Waals surface area contributed by atoms with Crippen molar-refractivity contribution in [3.63, 3.8) is 0 Å². The molecular formula is C18H17N3S. The van der Waals surface area contributed by atoms with Crippen LogP contribution in [0.2, 0.25) is 0 Å². The molecule has 3 nitrogen and oxygen atoms in total. The molecule has 0 radical (unpaired) electrons. The molecule has 4 heteroatoms. The highest BCUT2D eigenvalue weighted by Crippen LogP contribution is 2.49. The minimum atomic E-state index is 0.624. The van der Waals surface area contributed by atoms with Crippen LogP contribution >= 0.6 is 11.3 Å². The van der Waals surface area contributed by atoms with Crippen molar-refractivity contribution < 1.29 is 0 Å². The van der Waals surface area contributed by atoms with Gasteiger partial charge in [0.2, 0.25) is 0 Å². The second-order valence-corrected chi connectivity index (χ2v) is 6.96. The molecule has 0 unspecified atom stereocenters. The average molecular weight is 307 g/mol. The fraction of sp³-hybridized carbons (Fsp3) is 0.278. The van der Waals surface area contributed by atoms with E-state index >= 15 is 0 Å². The second kappa shape index (κ2) is 5.60. The van der Waals surface area contributed by atoms with Gasteiger partial charge in [-0.25, -0.2) is 0 Å². The maximum Gasteiger partial charge on any atom is 0.0991 e. The molecule has 2 atom stereocenters. The normalized spacial score (nSPS) is 20.1. The van der Waals surface area contributed by atoms with Crippen molar-refractivity contribution in [2.24, 2.45) is 5.92 Å². The molecule has 1 aromatic carbocycles. The molecule has 0 aliphatic heterocycles. The summed E-state index contributed by atoms with van der Waals surface area (Å²) in [6, 6.07) is 12.4. The summed E-state index contributed by atoms with van der Waals surface area (Å²) in [7, 11) is 0. The maximum atomic E-state index is 9.07. The predicted octanol–water partition coefficient (Wildman–Crippen LogP) is 3.99. The number of fused-ring (bicyclic) bond motifs is 1. The molecule has 0 amide bonds. The largest absolute Gasteiger partial charge is 0.361 e. The van der Waals surface area contributed by atoms with Gasteiger partial charge in [-0.1, -0.05) is 6.07 Å². The highest BCUT2D eigenvalue weighted by molar-refractivity contribution is 7.09. The van der Waals surface area contributed by atoms with Crippen LogP contribution in [0.4, 0.5) is 0 Å². The average Bonchev–Trinajstić information content (AvgIpc) is 2.97. The summed E-state index contributed by atoms with van der Waals surface area (Å²) in [5, 5.41) is 16.0. The van der Waals surface area contributed by atoms with Crippen LogP contribution in [-0.4, -0.2) is 11.5 Å². The first-order valence-corrected chi connectivity index (χ1v) is 8.47. The lowest BCUT2D eigenvalue weighted by Crippen LogP contribution is -2.16. The zero-order valence-corrected chi connectivity index (χ0v) is 13.0. The standard InChI is InChI=1S/C18H17N3S/c19-8-12-3-4-18-16(6-12)17(11-21-18)15-7-13(15)9-20-10-14-2-1-5-22-14/h1-6,11,13,15,20-21H,7,9-10H2/t13-,15+/m0/s1. The number of rotatable bonds is 5. The summed E-state index contributed by atoms with van der Waals surface area (Å²) < 4.78 is 0. The molecule has 2 aromatic heterocycles. The Labute approximate surface area is 133 Å². The maximum absolute atomic E-state index is 9.07. The first kappa shape index (κ1) is 13.6. The van der Waals surface area contributed by atoms with Crippen molar-refractivity contribution in [3.05, 3.63) is 57.9 Å². The lowest BCUT2D eigenvalue weighted by Gasteiger charge is -2.02. The molecule has 1 aliphatic rings. The van der Waals surface area contributed by atoms with Crippen LogP contribution < -0.4 is 5.32 Å². The van der Waals surface area contributed by atoms with E-state index in [4.69, 9.17) is 5.26 Å². The Kier molecular flexibility index (Phi) is 3.45. The van der Waals surface area contributed by atoms with Crippen molar-refractivity contribution >= 4 is 22.2 Å². The van der Waals surface area contributed by atoms with Crippen LogP contribution in [0.3, 0.4) is 0 Å². The van der Waals surface area contributed by atoms with Gasteiger partial charge in [0.1, 0.15) is 0 Å². The number of nitrogens with zero attached hydrogens (tertiary/aromatic N) is 1. The molecule has 1 fully saturated rings. The number of nitriles is 1. The molecule has 110 valence electrons. The second-order valence-electron chi connectivity index (χ2n) is 5.93. The number of nitrogens with one attached hydrogen (secondary N) is 2. The van der Waals surface area contributed by atoms with Crippen LogP contribution in [0.5, 0.6) is 0 Å². The number of thiophene rings is 1. The van der Waals surface area contributed by atoms with Crippen molar-refractivity contribution in [1.82, 2.24) is 10.3 Å². The fourth-order valence-electron chi connectivity index (χ4n) is 3.17. The molecule has 0 saturated heterocycles. The first-order chi connectivity index (χ1) is 10.8. The number of aromatic amines is 1. The van der Waals surface area contributed by atoms with Gasteiger partial charge in [0.25, 0.3) is 0 Å². The van der Waals surface area contributed by atoms with Gasteiger partial charge in [-0.2, -0.15) is 5.26 Å². The molecular weight excluding hydrogens is 290 g/mol. The van der Waals surface area contributed by atoms with E-state index in [0.717, 1.165) is 24.2 Å². The van der Waals surface area contributed by atoms with E-state index in [1.54, 1.807) is 11.3 Å². The van der Waals surface area contributed by atoms with Crippen molar-refractivity contribution in [2.75, 3.05) is 6.54 Å². The van der Waals surface area contributed by atoms with Gasteiger partial charge in [0.05, 0.1) is 11.6 Å². The summed E-state index contributed by atoms with van der Waals surface area (Å²) in [4.78, 5) is 4.72. The van der Waals surface area contributed by atoms with E-state index < -0.39 is 0 Å². The molecule has 2 N–H and O–H groups in total. The summed E-state index contributed by atoms with van der Waals surface area (Å²) in [5.74, 6) is 1.34. The fourth-order valence-corrected chi connectivity index (χ4v) is 3.84. The van der Waals surface area contributed by atoms with E-state index in [1.165, 1.54) is 22.2 Å². The minimum absolute atomic E-state index is 0.624. The predicted molar refractivity (Wildman–Crippen MR) is 89.9 cm³/mol. The van der Waals surface area contributed by atoms with Gasteiger partial charge in [-0.05, 0) is 60.0 Å².